The maximum absolute atomic E-state index is 12.5. The summed E-state index contributed by atoms with van der Waals surface area (Å²) in [5, 5.41) is 2.88. The first-order valence-corrected chi connectivity index (χ1v) is 9.62. The standard InChI is InChI=1S/C23H25N3O4/c1-16-8-7-9-17(2)22(16)30-15-20(28)29-14-19(27)25-21(18-10-5-4-6-11-18)23-24-12-13-26(23)3/h4-13,21H,14-15H2,1-3H3,(H,25,27). The SMILES string of the molecule is Cc1cccc(C)c1OCC(=O)OCC(=O)NC(c1ccccc1)c1nccn1C. The Bertz CT molecular complexity index is 994. The van der Waals surface area contributed by atoms with Gasteiger partial charge < -0.3 is 19.4 Å². The van der Waals surface area contributed by atoms with Gasteiger partial charge in [0.05, 0.1) is 0 Å². The number of aryl methyl sites for hydroxylation is 3. The Morgan fingerprint density at radius 2 is 1.73 bits per heavy atom. The van der Waals surface area contributed by atoms with Crippen molar-refractivity contribution in [2.45, 2.75) is 19.9 Å². The molecular formula is C23H25N3O4. The van der Waals surface area contributed by atoms with E-state index in [2.05, 4.69) is 10.3 Å². The molecule has 1 amide bonds. The van der Waals surface area contributed by atoms with Gasteiger partial charge in [0.25, 0.3) is 5.91 Å². The summed E-state index contributed by atoms with van der Waals surface area (Å²) in [7, 11) is 1.86. The zero-order valence-corrected chi connectivity index (χ0v) is 17.3. The molecule has 7 heteroatoms. The molecule has 0 aliphatic heterocycles. The number of nitrogens with one attached hydrogen (secondary N) is 1. The molecule has 0 radical (unpaired) electrons. The molecule has 0 aliphatic rings. The van der Waals surface area contributed by atoms with Crippen LogP contribution >= 0.6 is 0 Å². The van der Waals surface area contributed by atoms with E-state index in [1.54, 1.807) is 6.20 Å². The van der Waals surface area contributed by atoms with Gasteiger partial charge in [0.15, 0.2) is 13.2 Å². The summed E-state index contributed by atoms with van der Waals surface area (Å²) >= 11 is 0. The number of amides is 1. The van der Waals surface area contributed by atoms with E-state index in [1.807, 2.05) is 80.2 Å². The highest BCUT2D eigenvalue weighted by Gasteiger charge is 2.21. The van der Waals surface area contributed by atoms with E-state index in [1.165, 1.54) is 0 Å². The fraction of sp³-hybridized carbons (Fsp3) is 0.261. The lowest BCUT2D eigenvalue weighted by Crippen LogP contribution is -2.34. The predicted octanol–water partition coefficient (Wildman–Crippen LogP) is 2.86. The fourth-order valence-corrected chi connectivity index (χ4v) is 3.15. The van der Waals surface area contributed by atoms with Crippen molar-refractivity contribution in [2.24, 2.45) is 7.05 Å². The van der Waals surface area contributed by atoms with Crippen LogP contribution in [0.2, 0.25) is 0 Å². The summed E-state index contributed by atoms with van der Waals surface area (Å²) in [4.78, 5) is 28.8. The van der Waals surface area contributed by atoms with E-state index < -0.39 is 24.5 Å². The van der Waals surface area contributed by atoms with Crippen LogP contribution in [0.4, 0.5) is 0 Å². The van der Waals surface area contributed by atoms with Gasteiger partial charge in [-0.2, -0.15) is 0 Å². The topological polar surface area (TPSA) is 82.4 Å². The number of hydrogen-bond acceptors (Lipinski definition) is 5. The molecule has 0 aliphatic carbocycles. The average molecular weight is 407 g/mol. The van der Waals surface area contributed by atoms with Crippen LogP contribution in [0.1, 0.15) is 28.6 Å². The Morgan fingerprint density at radius 3 is 2.37 bits per heavy atom. The van der Waals surface area contributed by atoms with Crippen LogP contribution in [0, 0.1) is 13.8 Å². The molecule has 1 N–H and O–H groups in total. The summed E-state index contributed by atoms with van der Waals surface area (Å²) < 4.78 is 12.5. The molecule has 1 heterocycles. The molecule has 1 unspecified atom stereocenters. The van der Waals surface area contributed by atoms with Crippen molar-refractivity contribution in [1.82, 2.24) is 14.9 Å². The minimum absolute atomic E-state index is 0.263. The Hall–Kier alpha value is -3.61. The first-order chi connectivity index (χ1) is 14.5. The Kier molecular flexibility index (Phi) is 6.85. The van der Waals surface area contributed by atoms with Crippen LogP contribution in [-0.2, 0) is 21.4 Å². The van der Waals surface area contributed by atoms with Crippen LogP contribution in [0.3, 0.4) is 0 Å². The average Bonchev–Trinajstić information content (AvgIpc) is 3.16. The maximum atomic E-state index is 12.5. The predicted molar refractivity (Wildman–Crippen MR) is 112 cm³/mol. The van der Waals surface area contributed by atoms with Crippen molar-refractivity contribution in [3.05, 3.63) is 83.4 Å². The number of carbonyl (C=O) groups excluding carboxylic acids is 2. The minimum atomic E-state index is -0.610. The second-order valence-corrected chi connectivity index (χ2v) is 6.98. The Labute approximate surface area is 175 Å². The molecule has 3 rings (SSSR count). The van der Waals surface area contributed by atoms with Gasteiger partial charge in [0, 0.05) is 19.4 Å². The third-order valence-corrected chi connectivity index (χ3v) is 4.66. The third kappa shape index (κ3) is 5.26. The van der Waals surface area contributed by atoms with Crippen molar-refractivity contribution in [2.75, 3.05) is 13.2 Å². The minimum Gasteiger partial charge on any atom is -0.481 e. The van der Waals surface area contributed by atoms with Gasteiger partial charge in [0.2, 0.25) is 0 Å². The number of hydrogen-bond donors (Lipinski definition) is 1. The van der Waals surface area contributed by atoms with Crippen LogP contribution in [0.5, 0.6) is 5.75 Å². The first kappa shape index (κ1) is 21.1. The summed E-state index contributed by atoms with van der Waals surface area (Å²) in [5.41, 5.74) is 2.74. The lowest BCUT2D eigenvalue weighted by molar-refractivity contribution is -0.150. The highest BCUT2D eigenvalue weighted by atomic mass is 16.6. The summed E-state index contributed by atoms with van der Waals surface area (Å²) in [6.45, 7) is 3.15. The molecule has 0 spiro atoms. The fourth-order valence-electron chi connectivity index (χ4n) is 3.15. The van der Waals surface area contributed by atoms with E-state index in [-0.39, 0.29) is 6.61 Å². The maximum Gasteiger partial charge on any atom is 0.344 e. The first-order valence-electron chi connectivity index (χ1n) is 9.62. The Balaban J connectivity index is 1.57. The largest absolute Gasteiger partial charge is 0.481 e. The van der Waals surface area contributed by atoms with Crippen molar-refractivity contribution < 1.29 is 19.1 Å². The van der Waals surface area contributed by atoms with E-state index >= 15 is 0 Å². The lowest BCUT2D eigenvalue weighted by Gasteiger charge is -2.19. The van der Waals surface area contributed by atoms with Crippen LogP contribution < -0.4 is 10.1 Å². The number of nitrogens with zero attached hydrogens (tertiary/aromatic N) is 2. The number of carbonyl (C=O) groups is 2. The second-order valence-electron chi connectivity index (χ2n) is 6.98. The molecule has 7 nitrogen and oxygen atoms in total. The highest BCUT2D eigenvalue weighted by molar-refractivity contribution is 5.81. The molecule has 0 saturated carbocycles. The van der Waals surface area contributed by atoms with E-state index in [4.69, 9.17) is 9.47 Å². The number of imidazole rings is 1. The van der Waals surface area contributed by atoms with Gasteiger partial charge in [-0.05, 0) is 30.5 Å². The molecular weight excluding hydrogens is 382 g/mol. The van der Waals surface area contributed by atoms with Gasteiger partial charge in [-0.25, -0.2) is 9.78 Å². The van der Waals surface area contributed by atoms with Crippen molar-refractivity contribution >= 4 is 11.9 Å². The van der Waals surface area contributed by atoms with Crippen molar-refractivity contribution in [1.29, 1.82) is 0 Å². The normalized spacial score (nSPS) is 11.6. The van der Waals surface area contributed by atoms with Crippen LogP contribution in [0.15, 0.2) is 60.9 Å². The molecule has 30 heavy (non-hydrogen) atoms. The molecule has 156 valence electrons. The van der Waals surface area contributed by atoms with E-state index in [0.29, 0.717) is 11.6 Å². The molecule has 1 aromatic heterocycles. The number of esters is 1. The number of rotatable bonds is 8. The van der Waals surface area contributed by atoms with Gasteiger partial charge in [-0.3, -0.25) is 4.79 Å². The van der Waals surface area contributed by atoms with Gasteiger partial charge in [-0.1, -0.05) is 48.5 Å². The summed E-state index contributed by atoms with van der Waals surface area (Å²) in [6.07, 6.45) is 3.48. The molecule has 0 bridgehead atoms. The van der Waals surface area contributed by atoms with E-state index in [0.717, 1.165) is 16.7 Å². The van der Waals surface area contributed by atoms with Crippen LogP contribution in [0.25, 0.3) is 0 Å². The number of para-hydroxylation sites is 1. The lowest BCUT2D eigenvalue weighted by atomic mass is 10.1. The summed E-state index contributed by atoms with van der Waals surface area (Å²) in [5.74, 6) is 0.297. The van der Waals surface area contributed by atoms with Gasteiger partial charge in [0.1, 0.15) is 17.6 Å². The highest BCUT2D eigenvalue weighted by Crippen LogP contribution is 2.22. The molecule has 3 aromatic rings. The number of benzene rings is 2. The summed E-state index contributed by atoms with van der Waals surface area (Å²) in [6, 6.07) is 14.8. The quantitative estimate of drug-likeness (QED) is 0.581. The van der Waals surface area contributed by atoms with E-state index in [9.17, 15) is 9.59 Å². The van der Waals surface area contributed by atoms with Crippen LogP contribution in [-0.4, -0.2) is 34.6 Å². The smallest absolute Gasteiger partial charge is 0.344 e. The Morgan fingerprint density at radius 1 is 1.03 bits per heavy atom. The third-order valence-electron chi connectivity index (χ3n) is 4.66. The van der Waals surface area contributed by atoms with Crippen molar-refractivity contribution in [3.8, 4) is 5.75 Å². The van der Waals surface area contributed by atoms with Crippen molar-refractivity contribution in [3.63, 3.8) is 0 Å². The monoisotopic (exact) mass is 407 g/mol. The number of ether oxygens (including phenoxy) is 2. The molecule has 2 aromatic carbocycles. The molecule has 0 fully saturated rings. The molecule has 0 saturated heterocycles. The van der Waals surface area contributed by atoms with Gasteiger partial charge >= 0.3 is 5.97 Å². The zero-order chi connectivity index (χ0) is 21.5. The second kappa shape index (κ2) is 9.73. The molecule has 1 atom stereocenters. The zero-order valence-electron chi connectivity index (χ0n) is 17.3. The van der Waals surface area contributed by atoms with Gasteiger partial charge in [-0.15, -0.1) is 0 Å². The number of aromatic nitrogens is 2.